The van der Waals surface area contributed by atoms with E-state index in [0.717, 1.165) is 35.8 Å². The van der Waals surface area contributed by atoms with E-state index in [4.69, 9.17) is 4.99 Å². The van der Waals surface area contributed by atoms with Gasteiger partial charge < -0.3 is 4.90 Å². The van der Waals surface area contributed by atoms with Crippen LogP contribution < -0.4 is 4.90 Å². The number of nitrogens with zero attached hydrogens (tertiary/aromatic N) is 3. The highest BCUT2D eigenvalue weighted by Crippen LogP contribution is 2.40. The molecule has 1 fully saturated rings. The number of hydrogen-bond donors (Lipinski definition) is 0. The summed E-state index contributed by atoms with van der Waals surface area (Å²) in [7, 11) is 0. The van der Waals surface area contributed by atoms with Gasteiger partial charge in [0, 0.05) is 24.3 Å². The highest BCUT2D eigenvalue weighted by Gasteiger charge is 2.34. The molecule has 5 heteroatoms. The van der Waals surface area contributed by atoms with E-state index < -0.39 is 0 Å². The fraction of sp³-hybridized carbons (Fsp3) is 0.273. The molecule has 38 heavy (non-hydrogen) atoms. The molecule has 0 bridgehead atoms. The van der Waals surface area contributed by atoms with E-state index in [-0.39, 0.29) is 11.4 Å². The molecule has 0 N–H and O–H groups in total. The molecule has 2 aliphatic rings. The molecule has 194 valence electrons. The van der Waals surface area contributed by atoms with Crippen molar-refractivity contribution in [3.63, 3.8) is 0 Å². The Balaban J connectivity index is 1.47. The molecule has 0 aromatic heterocycles. The van der Waals surface area contributed by atoms with Gasteiger partial charge in [-0.25, -0.2) is 4.99 Å². The summed E-state index contributed by atoms with van der Waals surface area (Å²) in [6.07, 6.45) is 6.25. The Morgan fingerprint density at radius 1 is 0.947 bits per heavy atom. The van der Waals surface area contributed by atoms with E-state index in [0.29, 0.717) is 11.4 Å². The fourth-order valence-corrected chi connectivity index (χ4v) is 6.29. The zero-order valence-electron chi connectivity index (χ0n) is 22.6. The summed E-state index contributed by atoms with van der Waals surface area (Å²) in [4.78, 5) is 23.5. The van der Waals surface area contributed by atoms with Gasteiger partial charge in [0.2, 0.25) is 0 Å². The fourth-order valence-electron chi connectivity index (χ4n) is 5.26. The number of allylic oxidation sites excluding steroid dienone is 1. The number of benzene rings is 3. The second-order valence-corrected chi connectivity index (χ2v) is 11.5. The molecule has 2 aliphatic heterocycles. The molecule has 1 amide bonds. The molecule has 0 unspecified atom stereocenters. The third-order valence-electron chi connectivity index (χ3n) is 7.08. The zero-order chi connectivity index (χ0) is 26.7. The van der Waals surface area contributed by atoms with Crippen LogP contribution in [0.4, 0.5) is 11.4 Å². The summed E-state index contributed by atoms with van der Waals surface area (Å²) in [5.41, 5.74) is 6.85. The largest absolute Gasteiger partial charge is 0.362 e. The maximum absolute atomic E-state index is 13.6. The molecule has 4 nitrogen and oxygen atoms in total. The summed E-state index contributed by atoms with van der Waals surface area (Å²) < 4.78 is 0. The number of amides is 1. The summed E-state index contributed by atoms with van der Waals surface area (Å²) >= 11 is 1.46. The van der Waals surface area contributed by atoms with E-state index in [9.17, 15) is 4.79 Å². The standard InChI is InChI=1S/C33H35N3OS/c1-5-19-36-29-17-16-26(21-28(29)24(2)23-33(36,3)4)22-30-31(37)35(20-18-25-12-8-6-9-13-25)32(38-30)34-27-14-10-7-11-15-27/h6-17,21-23H,5,18-20H2,1-4H3/b30-22+,34-32?. The summed E-state index contributed by atoms with van der Waals surface area (Å²) in [5.74, 6) is 0.0133. The number of carbonyl (C=O) groups excluding carboxylic acids is 1. The van der Waals surface area contributed by atoms with Crippen molar-refractivity contribution < 1.29 is 4.79 Å². The van der Waals surface area contributed by atoms with Gasteiger partial charge in [0.15, 0.2) is 5.17 Å². The van der Waals surface area contributed by atoms with Crippen LogP contribution in [0, 0.1) is 0 Å². The summed E-state index contributed by atoms with van der Waals surface area (Å²) in [6.45, 7) is 10.6. The van der Waals surface area contributed by atoms with Gasteiger partial charge in [0.25, 0.3) is 5.91 Å². The molecule has 5 rings (SSSR count). The predicted octanol–water partition coefficient (Wildman–Crippen LogP) is 7.95. The summed E-state index contributed by atoms with van der Waals surface area (Å²) in [6, 6.07) is 26.7. The molecule has 0 aliphatic carbocycles. The van der Waals surface area contributed by atoms with Crippen molar-refractivity contribution in [2.75, 3.05) is 18.0 Å². The van der Waals surface area contributed by atoms with Crippen molar-refractivity contribution in [3.8, 4) is 0 Å². The Hall–Kier alpha value is -3.57. The van der Waals surface area contributed by atoms with Crippen molar-refractivity contribution >= 4 is 45.9 Å². The van der Waals surface area contributed by atoms with Crippen LogP contribution in [-0.2, 0) is 11.2 Å². The van der Waals surface area contributed by atoms with E-state index in [1.807, 2.05) is 59.5 Å². The topological polar surface area (TPSA) is 35.9 Å². The molecule has 3 aromatic rings. The number of rotatable bonds is 7. The van der Waals surface area contributed by atoms with Gasteiger partial charge in [0.05, 0.1) is 16.1 Å². The monoisotopic (exact) mass is 521 g/mol. The van der Waals surface area contributed by atoms with E-state index in [1.165, 1.54) is 34.1 Å². The summed E-state index contributed by atoms with van der Waals surface area (Å²) in [5, 5.41) is 0.730. The van der Waals surface area contributed by atoms with Gasteiger partial charge in [-0.1, -0.05) is 67.6 Å². The minimum Gasteiger partial charge on any atom is -0.362 e. The maximum Gasteiger partial charge on any atom is 0.266 e. The number of aliphatic imine (C=N–C) groups is 1. The molecule has 3 aromatic carbocycles. The van der Waals surface area contributed by atoms with Crippen molar-refractivity contribution in [2.45, 2.75) is 46.1 Å². The second-order valence-electron chi connectivity index (χ2n) is 10.4. The average Bonchev–Trinajstić information content (AvgIpc) is 3.19. The molecule has 0 saturated carbocycles. The Labute approximate surface area is 230 Å². The Morgan fingerprint density at radius 2 is 1.66 bits per heavy atom. The van der Waals surface area contributed by atoms with E-state index >= 15 is 0 Å². The Bertz CT molecular complexity index is 1410. The van der Waals surface area contributed by atoms with Crippen LogP contribution in [0.5, 0.6) is 0 Å². The zero-order valence-corrected chi connectivity index (χ0v) is 23.5. The molecule has 0 radical (unpaired) electrons. The maximum atomic E-state index is 13.6. The van der Waals surface area contributed by atoms with Crippen LogP contribution in [0.3, 0.4) is 0 Å². The minimum atomic E-state index is -0.0214. The lowest BCUT2D eigenvalue weighted by Gasteiger charge is -2.43. The quantitative estimate of drug-likeness (QED) is 0.296. The number of amidine groups is 1. The number of para-hydroxylation sites is 1. The first-order chi connectivity index (χ1) is 18.4. The van der Waals surface area contributed by atoms with E-state index in [1.54, 1.807) is 0 Å². The van der Waals surface area contributed by atoms with Gasteiger partial charge in [-0.05, 0) is 92.4 Å². The minimum absolute atomic E-state index is 0.0133. The Kier molecular flexibility index (Phi) is 7.57. The second kappa shape index (κ2) is 11.0. The predicted molar refractivity (Wildman–Crippen MR) is 163 cm³/mol. The highest BCUT2D eigenvalue weighted by molar-refractivity contribution is 8.18. The lowest BCUT2D eigenvalue weighted by Crippen LogP contribution is -2.45. The van der Waals surface area contributed by atoms with Gasteiger partial charge >= 0.3 is 0 Å². The van der Waals surface area contributed by atoms with Crippen molar-refractivity contribution in [1.29, 1.82) is 0 Å². The van der Waals surface area contributed by atoms with Gasteiger partial charge in [-0.15, -0.1) is 0 Å². The SMILES string of the molecule is CCCN1c2ccc(/C=C3/SC(=Nc4ccccc4)N(CCc4ccccc4)C3=O)cc2C(C)=CC1(C)C. The average molecular weight is 522 g/mol. The van der Waals surface area contributed by atoms with Crippen molar-refractivity contribution in [3.05, 3.63) is 107 Å². The molecular weight excluding hydrogens is 486 g/mol. The van der Waals surface area contributed by atoms with Gasteiger partial charge in [-0.2, -0.15) is 0 Å². The third kappa shape index (κ3) is 5.48. The number of fused-ring (bicyclic) bond motifs is 1. The van der Waals surface area contributed by atoms with Crippen LogP contribution >= 0.6 is 11.8 Å². The number of anilines is 1. The first kappa shape index (κ1) is 26.1. The Morgan fingerprint density at radius 3 is 2.37 bits per heavy atom. The lowest BCUT2D eigenvalue weighted by molar-refractivity contribution is -0.122. The normalized spacial score (nSPS) is 18.7. The molecule has 0 spiro atoms. The van der Waals surface area contributed by atoms with Crippen molar-refractivity contribution in [1.82, 2.24) is 4.90 Å². The van der Waals surface area contributed by atoms with Crippen LogP contribution in [0.25, 0.3) is 11.6 Å². The van der Waals surface area contributed by atoms with Crippen molar-refractivity contribution in [2.24, 2.45) is 4.99 Å². The number of hydrogen-bond acceptors (Lipinski definition) is 4. The smallest absolute Gasteiger partial charge is 0.266 e. The lowest BCUT2D eigenvalue weighted by atomic mass is 9.88. The van der Waals surface area contributed by atoms with Crippen LogP contribution in [0.15, 0.2) is 94.8 Å². The number of carbonyl (C=O) groups is 1. The van der Waals surface area contributed by atoms with Gasteiger partial charge in [-0.3, -0.25) is 9.69 Å². The molecule has 1 saturated heterocycles. The molecular formula is C33H35N3OS. The number of thioether (sulfide) groups is 1. The molecule has 0 atom stereocenters. The van der Waals surface area contributed by atoms with Crippen LogP contribution in [0.2, 0.25) is 0 Å². The first-order valence-electron chi connectivity index (χ1n) is 13.4. The molecule has 2 heterocycles. The third-order valence-corrected chi connectivity index (χ3v) is 8.09. The highest BCUT2D eigenvalue weighted by atomic mass is 32.2. The van der Waals surface area contributed by atoms with Crippen LogP contribution in [0.1, 0.15) is 50.8 Å². The van der Waals surface area contributed by atoms with E-state index in [2.05, 4.69) is 69.0 Å². The van der Waals surface area contributed by atoms with Crippen LogP contribution in [-0.4, -0.2) is 34.6 Å². The van der Waals surface area contributed by atoms with Gasteiger partial charge in [0.1, 0.15) is 0 Å². The first-order valence-corrected chi connectivity index (χ1v) is 14.2.